The lowest BCUT2D eigenvalue weighted by molar-refractivity contribution is 1.55. The van der Waals surface area contributed by atoms with Crippen molar-refractivity contribution < 1.29 is 0 Å². The van der Waals surface area contributed by atoms with E-state index in [2.05, 4.69) is 5.32 Å². The van der Waals surface area contributed by atoms with Crippen molar-refractivity contribution in [2.45, 2.75) is 0 Å². The van der Waals surface area contributed by atoms with Gasteiger partial charge in [0.15, 0.2) is 0 Å². The minimum absolute atomic E-state index is 0.109. The van der Waals surface area contributed by atoms with Crippen LogP contribution in [0.15, 0.2) is 60.7 Å². The van der Waals surface area contributed by atoms with Crippen LogP contribution in [0, 0.1) is 0 Å². The molecule has 0 aliphatic heterocycles. The van der Waals surface area contributed by atoms with Gasteiger partial charge in [0, 0.05) is 11.4 Å². The largest absolute Gasteiger partial charge is 0.356 e. The summed E-state index contributed by atoms with van der Waals surface area (Å²) in [5.74, 6) is 0. The number of rotatable bonds is 2. The Morgan fingerprint density at radius 1 is 0.400 bits per heavy atom. The number of hydrogen-bond donors (Lipinski definition) is 1. The maximum Gasteiger partial charge on any atom is 0.0810 e. The molecule has 1 nitrogen and oxygen atoms in total. The Balaban J connectivity index is 0.000000181. The van der Waals surface area contributed by atoms with E-state index in [4.69, 9.17) is 69.6 Å². The van der Waals surface area contributed by atoms with Gasteiger partial charge in [0.1, 0.15) is 0 Å². The van der Waals surface area contributed by atoms with Crippen molar-refractivity contribution in [1.29, 1.82) is 0 Å². The summed E-state index contributed by atoms with van der Waals surface area (Å²) < 4.78 is 0. The van der Waals surface area contributed by atoms with Crippen LogP contribution < -0.4 is 5.32 Å². The lowest BCUT2D eigenvalue weighted by Gasteiger charge is -2.06. The minimum atomic E-state index is 0.109. The van der Waals surface area contributed by atoms with E-state index in [1.807, 2.05) is 60.7 Å². The third-order valence-electron chi connectivity index (χ3n) is 2.99. The van der Waals surface area contributed by atoms with Crippen LogP contribution in [-0.4, -0.2) is 0 Å². The second-order valence-corrected chi connectivity index (χ2v) is 7.01. The molecule has 0 aliphatic carbocycles. The Morgan fingerprint density at radius 2 is 0.640 bits per heavy atom. The van der Waals surface area contributed by atoms with Crippen molar-refractivity contribution in [1.82, 2.24) is 0 Å². The van der Waals surface area contributed by atoms with Crippen molar-refractivity contribution in [3.05, 3.63) is 90.8 Å². The fourth-order valence-corrected chi connectivity index (χ4v) is 3.21. The average molecular weight is 454 g/mol. The third kappa shape index (κ3) is 5.59. The first-order valence-electron chi connectivity index (χ1n) is 6.96. The molecule has 3 rings (SSSR count). The van der Waals surface area contributed by atoms with Crippen molar-refractivity contribution >= 4 is 81.0 Å². The first kappa shape index (κ1) is 20.5. The molecule has 0 bridgehead atoms. The standard InChI is InChI=1S/C12H11N.C6Cl6/c1-3-7-11(8-4-1)13-12-9-5-2-6-10-12;7-1-2(8)4(10)6(12)5(11)3(1)9/h1-10,13H;. The molecule has 3 aromatic carbocycles. The molecule has 0 aromatic heterocycles. The predicted molar refractivity (Wildman–Crippen MR) is 113 cm³/mol. The van der Waals surface area contributed by atoms with Gasteiger partial charge >= 0.3 is 0 Å². The SMILES string of the molecule is Clc1c(Cl)c(Cl)c(Cl)c(Cl)c1Cl.c1ccc(Nc2ccccc2)cc1. The van der Waals surface area contributed by atoms with Crippen molar-refractivity contribution in [3.8, 4) is 0 Å². The Bertz CT molecular complexity index is 695. The highest BCUT2D eigenvalue weighted by molar-refractivity contribution is 6.59. The summed E-state index contributed by atoms with van der Waals surface area (Å²) in [7, 11) is 0. The van der Waals surface area contributed by atoms with Crippen LogP contribution >= 0.6 is 69.6 Å². The normalized spacial score (nSPS) is 10.0. The summed E-state index contributed by atoms with van der Waals surface area (Å²) in [6, 6.07) is 20.3. The highest BCUT2D eigenvalue weighted by atomic mass is 35.5. The lowest BCUT2D eigenvalue weighted by atomic mass is 10.3. The summed E-state index contributed by atoms with van der Waals surface area (Å²) in [6.07, 6.45) is 0. The molecule has 25 heavy (non-hydrogen) atoms. The van der Waals surface area contributed by atoms with E-state index in [0.29, 0.717) is 0 Å². The van der Waals surface area contributed by atoms with Crippen LogP contribution in [0.25, 0.3) is 0 Å². The maximum absolute atomic E-state index is 5.67. The molecule has 0 radical (unpaired) electrons. The first-order valence-corrected chi connectivity index (χ1v) is 9.22. The first-order chi connectivity index (χ1) is 11.9. The van der Waals surface area contributed by atoms with Crippen LogP contribution in [0.2, 0.25) is 30.1 Å². The summed E-state index contributed by atoms with van der Waals surface area (Å²) in [4.78, 5) is 0. The van der Waals surface area contributed by atoms with Gasteiger partial charge in [-0.15, -0.1) is 0 Å². The summed E-state index contributed by atoms with van der Waals surface area (Å²) >= 11 is 34.0. The zero-order chi connectivity index (χ0) is 18.4. The summed E-state index contributed by atoms with van der Waals surface area (Å²) in [6.45, 7) is 0. The van der Waals surface area contributed by atoms with Crippen molar-refractivity contribution in [2.24, 2.45) is 0 Å². The molecule has 0 atom stereocenters. The Labute approximate surface area is 176 Å². The molecule has 0 aliphatic rings. The lowest BCUT2D eigenvalue weighted by Crippen LogP contribution is -1.87. The molecule has 0 spiro atoms. The molecule has 1 N–H and O–H groups in total. The summed E-state index contributed by atoms with van der Waals surface area (Å²) in [5, 5.41) is 3.96. The number of benzene rings is 3. The van der Waals surface area contributed by atoms with Gasteiger partial charge in [0.25, 0.3) is 0 Å². The predicted octanol–water partition coefficient (Wildman–Crippen LogP) is 9.04. The molecule has 0 fully saturated rings. The molecule has 130 valence electrons. The number of halogens is 6. The Hall–Kier alpha value is -0.800. The van der Waals surface area contributed by atoms with Gasteiger partial charge in [0.05, 0.1) is 30.1 Å². The van der Waals surface area contributed by atoms with Gasteiger partial charge < -0.3 is 5.32 Å². The topological polar surface area (TPSA) is 12.0 Å². The van der Waals surface area contributed by atoms with E-state index >= 15 is 0 Å². The van der Waals surface area contributed by atoms with Crippen LogP contribution in [0.1, 0.15) is 0 Å². The van der Waals surface area contributed by atoms with Gasteiger partial charge in [-0.3, -0.25) is 0 Å². The number of nitrogens with one attached hydrogen (secondary N) is 1. The highest BCUT2D eigenvalue weighted by Crippen LogP contribution is 2.46. The van der Waals surface area contributed by atoms with Crippen LogP contribution in [0.5, 0.6) is 0 Å². The second kappa shape index (κ2) is 9.78. The van der Waals surface area contributed by atoms with Crippen LogP contribution in [-0.2, 0) is 0 Å². The van der Waals surface area contributed by atoms with E-state index in [1.165, 1.54) is 0 Å². The molecule has 0 unspecified atom stereocenters. The molecule has 7 heteroatoms. The number of para-hydroxylation sites is 2. The van der Waals surface area contributed by atoms with E-state index in [9.17, 15) is 0 Å². The van der Waals surface area contributed by atoms with E-state index in [-0.39, 0.29) is 30.1 Å². The highest BCUT2D eigenvalue weighted by Gasteiger charge is 2.17. The van der Waals surface area contributed by atoms with Crippen LogP contribution in [0.4, 0.5) is 11.4 Å². The van der Waals surface area contributed by atoms with E-state index in [1.54, 1.807) is 0 Å². The monoisotopic (exact) mass is 451 g/mol. The molecule has 0 saturated carbocycles. The average Bonchev–Trinajstić information content (AvgIpc) is 2.65. The quantitative estimate of drug-likeness (QED) is 0.301. The van der Waals surface area contributed by atoms with Crippen LogP contribution in [0.3, 0.4) is 0 Å². The second-order valence-electron chi connectivity index (χ2n) is 4.74. The molecule has 0 heterocycles. The fourth-order valence-electron chi connectivity index (χ4n) is 1.79. The molecule has 3 aromatic rings. The zero-order valence-electron chi connectivity index (χ0n) is 12.5. The zero-order valence-corrected chi connectivity index (χ0v) is 17.1. The number of anilines is 2. The molecular formula is C18H11Cl6N. The molecule has 0 saturated heterocycles. The maximum atomic E-state index is 5.67. The minimum Gasteiger partial charge on any atom is -0.356 e. The summed E-state index contributed by atoms with van der Waals surface area (Å²) in [5.41, 5.74) is 2.24. The van der Waals surface area contributed by atoms with E-state index in [0.717, 1.165) is 11.4 Å². The van der Waals surface area contributed by atoms with Gasteiger partial charge in [-0.2, -0.15) is 0 Å². The third-order valence-corrected chi connectivity index (χ3v) is 5.84. The smallest absolute Gasteiger partial charge is 0.0810 e. The van der Waals surface area contributed by atoms with E-state index < -0.39 is 0 Å². The Morgan fingerprint density at radius 3 is 0.880 bits per heavy atom. The van der Waals surface area contributed by atoms with Gasteiger partial charge in [-0.1, -0.05) is 106 Å². The van der Waals surface area contributed by atoms with Crippen molar-refractivity contribution in [3.63, 3.8) is 0 Å². The van der Waals surface area contributed by atoms with Crippen molar-refractivity contribution in [2.75, 3.05) is 5.32 Å². The molecule has 0 amide bonds. The van der Waals surface area contributed by atoms with Gasteiger partial charge in [0.2, 0.25) is 0 Å². The fraction of sp³-hybridized carbons (Fsp3) is 0. The Kier molecular flexibility index (Phi) is 8.02. The van der Waals surface area contributed by atoms with Gasteiger partial charge in [-0.25, -0.2) is 0 Å². The van der Waals surface area contributed by atoms with Gasteiger partial charge in [-0.05, 0) is 24.3 Å². The molecular weight excluding hydrogens is 443 g/mol. The number of hydrogen-bond acceptors (Lipinski definition) is 1.